The van der Waals surface area contributed by atoms with Gasteiger partial charge in [0, 0.05) is 5.69 Å². The molecule has 0 radical (unpaired) electrons. The molecule has 0 fully saturated rings. The van der Waals surface area contributed by atoms with Crippen molar-refractivity contribution in [3.8, 4) is 5.69 Å². The van der Waals surface area contributed by atoms with Gasteiger partial charge in [-0.3, -0.25) is 4.79 Å². The lowest BCUT2D eigenvalue weighted by molar-refractivity contribution is -0.113. The van der Waals surface area contributed by atoms with E-state index in [4.69, 9.17) is 5.14 Å². The minimum absolute atomic E-state index is 0.0238. The summed E-state index contributed by atoms with van der Waals surface area (Å²) in [5, 5.41) is 20.1. The van der Waals surface area contributed by atoms with Crippen molar-refractivity contribution in [2.75, 3.05) is 11.1 Å². The van der Waals surface area contributed by atoms with Gasteiger partial charge < -0.3 is 5.32 Å². The summed E-state index contributed by atoms with van der Waals surface area (Å²) >= 11 is 1.18. The normalized spacial score (nSPS) is 11.5. The molecule has 0 aliphatic rings. The van der Waals surface area contributed by atoms with Crippen molar-refractivity contribution in [1.29, 1.82) is 0 Å². The molecule has 0 unspecified atom stereocenters. The number of amides is 1. The Morgan fingerprint density at radius 2 is 1.94 bits per heavy atom. The van der Waals surface area contributed by atoms with E-state index in [-0.39, 0.29) is 16.6 Å². The highest BCUT2D eigenvalue weighted by atomic mass is 32.2. The summed E-state index contributed by atoms with van der Waals surface area (Å²) in [6.45, 7) is 3.80. The molecule has 3 rings (SSSR count). The lowest BCUT2D eigenvalue weighted by atomic mass is 10.1. The molecule has 3 aromatic rings. The quantitative estimate of drug-likeness (QED) is 0.469. The lowest BCUT2D eigenvalue weighted by Crippen LogP contribution is -2.17. The Balaban J connectivity index is 1.64. The van der Waals surface area contributed by atoms with E-state index >= 15 is 0 Å². The lowest BCUT2D eigenvalue weighted by Gasteiger charge is -2.09. The van der Waals surface area contributed by atoms with Gasteiger partial charge >= 0.3 is 0 Å². The molecule has 3 N–H and O–H groups in total. The van der Waals surface area contributed by atoms with E-state index in [0.29, 0.717) is 16.4 Å². The van der Waals surface area contributed by atoms with E-state index in [1.165, 1.54) is 23.4 Å². The topological polar surface area (TPSA) is 133 Å². The number of nitrogens with one attached hydrogen (secondary N) is 1. The summed E-state index contributed by atoms with van der Waals surface area (Å²) in [4.78, 5) is 12.3. The van der Waals surface area contributed by atoms with E-state index in [9.17, 15) is 13.2 Å². The van der Waals surface area contributed by atoms with E-state index in [1.807, 2.05) is 24.3 Å². The first-order valence-corrected chi connectivity index (χ1v) is 12.2. The first-order valence-electron chi connectivity index (χ1n) is 9.71. The largest absolute Gasteiger partial charge is 0.325 e. The number of thioether (sulfide) groups is 1. The van der Waals surface area contributed by atoms with Crippen LogP contribution in [-0.2, 0) is 21.2 Å². The molecule has 0 aliphatic carbocycles. The number of anilines is 1. The molecule has 0 saturated carbocycles. The average molecular weight is 461 g/mol. The van der Waals surface area contributed by atoms with Crippen molar-refractivity contribution in [3.05, 3.63) is 53.6 Å². The number of rotatable bonds is 9. The van der Waals surface area contributed by atoms with Crippen molar-refractivity contribution in [1.82, 2.24) is 20.2 Å². The average Bonchev–Trinajstić information content (AvgIpc) is 3.20. The summed E-state index contributed by atoms with van der Waals surface area (Å²) in [6.07, 6.45) is 3.31. The number of benzene rings is 2. The van der Waals surface area contributed by atoms with Gasteiger partial charge in [-0.1, -0.05) is 43.3 Å². The highest BCUT2D eigenvalue weighted by molar-refractivity contribution is 7.99. The molecule has 164 valence electrons. The van der Waals surface area contributed by atoms with Gasteiger partial charge in [-0.15, -0.1) is 5.10 Å². The van der Waals surface area contributed by atoms with Gasteiger partial charge in [-0.2, -0.15) is 4.68 Å². The Labute approximate surface area is 185 Å². The van der Waals surface area contributed by atoms with Gasteiger partial charge in [0.1, 0.15) is 0 Å². The number of hydrogen-bond donors (Lipinski definition) is 2. The number of aryl methyl sites for hydroxylation is 2. The fourth-order valence-corrected chi connectivity index (χ4v) is 4.43. The van der Waals surface area contributed by atoms with Gasteiger partial charge in [-0.25, -0.2) is 13.6 Å². The number of tetrazole rings is 1. The van der Waals surface area contributed by atoms with Crippen LogP contribution in [0.3, 0.4) is 0 Å². The second-order valence-electron chi connectivity index (χ2n) is 7.01. The molecule has 0 saturated heterocycles. The van der Waals surface area contributed by atoms with Gasteiger partial charge in [0.15, 0.2) is 0 Å². The van der Waals surface area contributed by atoms with Crippen molar-refractivity contribution >= 4 is 33.4 Å². The predicted molar refractivity (Wildman–Crippen MR) is 120 cm³/mol. The van der Waals surface area contributed by atoms with E-state index in [1.54, 1.807) is 23.7 Å². The second-order valence-corrected chi connectivity index (χ2v) is 9.48. The third-order valence-electron chi connectivity index (χ3n) is 4.55. The molecule has 31 heavy (non-hydrogen) atoms. The fraction of sp³-hybridized carbons (Fsp3) is 0.300. The summed E-state index contributed by atoms with van der Waals surface area (Å²) in [5.41, 5.74) is 2.92. The number of carbonyl (C=O) groups is 1. The van der Waals surface area contributed by atoms with Crippen LogP contribution in [0.4, 0.5) is 5.69 Å². The number of nitrogens with two attached hydrogens (primary N) is 1. The molecule has 0 aliphatic heterocycles. The van der Waals surface area contributed by atoms with Crippen LogP contribution in [0.25, 0.3) is 5.69 Å². The van der Waals surface area contributed by atoms with Crippen LogP contribution < -0.4 is 10.5 Å². The maximum Gasteiger partial charge on any atom is 0.238 e. The van der Waals surface area contributed by atoms with Crippen LogP contribution in [0.5, 0.6) is 0 Å². The van der Waals surface area contributed by atoms with E-state index in [0.717, 1.165) is 24.9 Å². The molecule has 1 heterocycles. The minimum Gasteiger partial charge on any atom is -0.325 e. The van der Waals surface area contributed by atoms with Crippen molar-refractivity contribution in [2.45, 2.75) is 43.2 Å². The maximum absolute atomic E-state index is 12.4. The van der Waals surface area contributed by atoms with Gasteiger partial charge in [-0.05, 0) is 65.6 Å². The first-order chi connectivity index (χ1) is 14.8. The Bertz CT molecular complexity index is 1160. The molecule has 11 heteroatoms. The van der Waals surface area contributed by atoms with Gasteiger partial charge in [0.25, 0.3) is 0 Å². The molecule has 1 amide bonds. The number of sulfonamides is 1. The molecular formula is C20H24N6O3S2. The van der Waals surface area contributed by atoms with Gasteiger partial charge in [0.2, 0.25) is 21.1 Å². The zero-order valence-corrected chi connectivity index (χ0v) is 18.9. The predicted octanol–water partition coefficient (Wildman–Crippen LogP) is 2.69. The number of carbonyl (C=O) groups excluding carboxylic acids is 1. The molecule has 0 bridgehead atoms. The van der Waals surface area contributed by atoms with Crippen molar-refractivity contribution < 1.29 is 13.2 Å². The Morgan fingerprint density at radius 1 is 1.19 bits per heavy atom. The Morgan fingerprint density at radius 3 is 2.61 bits per heavy atom. The molecule has 1 aromatic heterocycles. The third-order valence-corrected chi connectivity index (χ3v) is 6.52. The molecular weight excluding hydrogens is 436 g/mol. The molecule has 2 aromatic carbocycles. The monoisotopic (exact) mass is 460 g/mol. The highest BCUT2D eigenvalue weighted by Crippen LogP contribution is 2.21. The number of unbranched alkanes of at least 4 members (excludes halogenated alkanes) is 1. The summed E-state index contributed by atoms with van der Waals surface area (Å²) in [7, 11) is -3.87. The molecule has 9 nitrogen and oxygen atoms in total. The van der Waals surface area contributed by atoms with Crippen molar-refractivity contribution in [2.24, 2.45) is 5.14 Å². The van der Waals surface area contributed by atoms with Crippen molar-refractivity contribution in [3.63, 3.8) is 0 Å². The Hall–Kier alpha value is -2.76. The van der Waals surface area contributed by atoms with Crippen LogP contribution in [0, 0.1) is 6.92 Å². The summed E-state index contributed by atoms with van der Waals surface area (Å²) in [6, 6.07) is 12.6. The maximum atomic E-state index is 12.4. The number of hydrogen-bond acceptors (Lipinski definition) is 7. The van der Waals surface area contributed by atoms with Crippen LogP contribution in [0.1, 0.15) is 30.9 Å². The first kappa shape index (κ1) is 22.9. The smallest absolute Gasteiger partial charge is 0.238 e. The zero-order valence-electron chi connectivity index (χ0n) is 17.3. The number of primary sulfonamides is 1. The molecule has 0 spiro atoms. The third kappa shape index (κ3) is 6.12. The van der Waals surface area contributed by atoms with E-state index in [2.05, 4.69) is 27.8 Å². The van der Waals surface area contributed by atoms with E-state index < -0.39 is 10.0 Å². The second kappa shape index (κ2) is 10.0. The standard InChI is InChI=1S/C20H24N6O3S2/c1-3-4-5-15-7-10-17(11-8-15)26-20(23-24-25-26)30-13-19(27)22-16-9-6-14(2)18(12-16)31(21,28)29/h6-12H,3-5,13H2,1-2H3,(H,22,27)(H2,21,28,29). The van der Waals surface area contributed by atoms with Crippen LogP contribution in [-0.4, -0.2) is 40.3 Å². The molecule has 0 atom stereocenters. The fourth-order valence-electron chi connectivity index (χ4n) is 2.93. The minimum atomic E-state index is -3.87. The summed E-state index contributed by atoms with van der Waals surface area (Å²) in [5.74, 6) is -0.272. The van der Waals surface area contributed by atoms with Crippen LogP contribution >= 0.6 is 11.8 Å². The van der Waals surface area contributed by atoms with Gasteiger partial charge in [0.05, 0.1) is 16.3 Å². The van der Waals surface area contributed by atoms with Crippen LogP contribution in [0.15, 0.2) is 52.5 Å². The Kier molecular flexibility index (Phi) is 7.42. The zero-order chi connectivity index (χ0) is 22.4. The number of nitrogens with zero attached hydrogens (tertiary/aromatic N) is 4. The number of aromatic nitrogens is 4. The highest BCUT2D eigenvalue weighted by Gasteiger charge is 2.15. The SMILES string of the molecule is CCCCc1ccc(-n2nnnc2SCC(=O)Nc2ccc(C)c(S(N)(=O)=O)c2)cc1. The van der Waals surface area contributed by atoms with Crippen LogP contribution in [0.2, 0.25) is 0 Å². The summed E-state index contributed by atoms with van der Waals surface area (Å²) < 4.78 is 24.9.